The highest BCUT2D eigenvalue weighted by Gasteiger charge is 2.25. The molecule has 0 aliphatic carbocycles. The van der Waals surface area contributed by atoms with Gasteiger partial charge in [-0.2, -0.15) is 5.26 Å². The highest BCUT2D eigenvalue weighted by molar-refractivity contribution is 5.98. The fourth-order valence-electron chi connectivity index (χ4n) is 2.87. The molecule has 2 amide bonds. The lowest BCUT2D eigenvalue weighted by Crippen LogP contribution is -2.48. The molecule has 2 aromatic carbocycles. The van der Waals surface area contributed by atoms with Crippen LogP contribution in [0.3, 0.4) is 0 Å². The van der Waals surface area contributed by atoms with E-state index in [2.05, 4.69) is 22.5 Å². The van der Waals surface area contributed by atoms with Crippen molar-refractivity contribution in [2.45, 2.75) is 38.0 Å². The summed E-state index contributed by atoms with van der Waals surface area (Å²) in [6.45, 7) is 0.567. The largest absolute Gasteiger partial charge is 0.391 e. The summed E-state index contributed by atoms with van der Waals surface area (Å²) in [6, 6.07) is 13.2. The number of hydrogen-bond donors (Lipinski definition) is 5. The Balaban J connectivity index is 1.99. The molecule has 6 N–H and O–H groups in total. The molecule has 0 bridgehead atoms. The van der Waals surface area contributed by atoms with Gasteiger partial charge in [0.05, 0.1) is 18.2 Å². The number of nitrogens with two attached hydrogens (primary N) is 1. The molecule has 0 aromatic heterocycles. The van der Waals surface area contributed by atoms with E-state index in [1.165, 1.54) is 19.1 Å². The van der Waals surface area contributed by atoms with Gasteiger partial charge in [0.2, 0.25) is 5.91 Å². The fourth-order valence-corrected chi connectivity index (χ4v) is 2.87. The summed E-state index contributed by atoms with van der Waals surface area (Å²) in [5, 5.41) is 32.3. The van der Waals surface area contributed by atoms with Crippen LogP contribution >= 0.6 is 0 Å². The number of carbonyl (C=O) groups excluding carboxylic acids is 3. The summed E-state index contributed by atoms with van der Waals surface area (Å²) in [5.41, 5.74) is 7.92. The molecule has 176 valence electrons. The van der Waals surface area contributed by atoms with Crippen molar-refractivity contribution in [1.82, 2.24) is 5.32 Å². The highest BCUT2D eigenvalue weighted by atomic mass is 16.3. The monoisotopic (exact) mass is 462 g/mol. The van der Waals surface area contributed by atoms with Gasteiger partial charge in [0.1, 0.15) is 12.6 Å². The standard InChI is InChI=1S/C25H26N4O5/c1-16(31)23(22(32)15-30)29-24(33)19-10-6-17(7-11-19)4-5-18-8-12-20(13-9-18)28-25(34)21(27)3-2-14-26/h6-13,16,21,23,30-31H,2-3,15,27H2,1H3,(H,28,34)(H,29,33)/t16-,21+,23+/m1/s1. The molecule has 0 aliphatic heterocycles. The Morgan fingerprint density at radius 2 is 1.59 bits per heavy atom. The Hall–Kier alpha value is -4.02. The van der Waals surface area contributed by atoms with Crippen LogP contribution in [-0.4, -0.2) is 52.6 Å². The molecule has 9 heteroatoms. The van der Waals surface area contributed by atoms with E-state index in [1.54, 1.807) is 36.4 Å². The Kier molecular flexibility index (Phi) is 9.93. The van der Waals surface area contributed by atoms with Gasteiger partial charge in [0, 0.05) is 28.8 Å². The lowest BCUT2D eigenvalue weighted by atomic mass is 10.1. The van der Waals surface area contributed by atoms with Gasteiger partial charge in [-0.25, -0.2) is 0 Å². The van der Waals surface area contributed by atoms with E-state index in [9.17, 15) is 19.5 Å². The Morgan fingerprint density at radius 1 is 1.03 bits per heavy atom. The van der Waals surface area contributed by atoms with Crippen LogP contribution in [0, 0.1) is 23.2 Å². The number of hydrogen-bond acceptors (Lipinski definition) is 7. The molecule has 0 unspecified atom stereocenters. The van der Waals surface area contributed by atoms with Crippen LogP contribution in [0.4, 0.5) is 5.69 Å². The average molecular weight is 463 g/mol. The van der Waals surface area contributed by atoms with E-state index in [1.807, 2.05) is 6.07 Å². The van der Waals surface area contributed by atoms with Gasteiger partial charge >= 0.3 is 0 Å². The van der Waals surface area contributed by atoms with Crippen LogP contribution in [0.25, 0.3) is 0 Å². The third-order valence-corrected chi connectivity index (χ3v) is 4.83. The van der Waals surface area contributed by atoms with Crippen molar-refractivity contribution in [3.8, 4) is 17.9 Å². The van der Waals surface area contributed by atoms with Crippen LogP contribution in [0.1, 0.15) is 41.3 Å². The van der Waals surface area contributed by atoms with E-state index in [-0.39, 0.29) is 24.3 Å². The Morgan fingerprint density at radius 3 is 2.09 bits per heavy atom. The first-order valence-electron chi connectivity index (χ1n) is 10.5. The zero-order valence-corrected chi connectivity index (χ0v) is 18.6. The Bertz CT molecular complexity index is 1110. The molecule has 0 heterocycles. The highest BCUT2D eigenvalue weighted by Crippen LogP contribution is 2.11. The summed E-state index contributed by atoms with van der Waals surface area (Å²) < 4.78 is 0. The predicted molar refractivity (Wildman–Crippen MR) is 125 cm³/mol. The lowest BCUT2D eigenvalue weighted by Gasteiger charge is -2.19. The zero-order chi connectivity index (χ0) is 25.1. The van der Waals surface area contributed by atoms with Crippen molar-refractivity contribution in [2.24, 2.45) is 5.73 Å². The van der Waals surface area contributed by atoms with Crippen molar-refractivity contribution in [3.63, 3.8) is 0 Å². The summed E-state index contributed by atoms with van der Waals surface area (Å²) >= 11 is 0. The van der Waals surface area contributed by atoms with Gasteiger partial charge < -0.3 is 26.6 Å². The van der Waals surface area contributed by atoms with Gasteiger partial charge in [0.25, 0.3) is 5.91 Å². The summed E-state index contributed by atoms with van der Waals surface area (Å²) in [6.07, 6.45) is -0.650. The smallest absolute Gasteiger partial charge is 0.251 e. The molecule has 2 aromatic rings. The number of aliphatic hydroxyl groups excluding tert-OH is 2. The molecule has 34 heavy (non-hydrogen) atoms. The van der Waals surface area contributed by atoms with E-state index < -0.39 is 36.5 Å². The number of nitrogens with one attached hydrogen (secondary N) is 2. The van der Waals surface area contributed by atoms with Crippen molar-refractivity contribution >= 4 is 23.3 Å². The number of ketones is 1. The van der Waals surface area contributed by atoms with Crippen molar-refractivity contribution < 1.29 is 24.6 Å². The first-order chi connectivity index (χ1) is 16.2. The summed E-state index contributed by atoms with van der Waals surface area (Å²) in [4.78, 5) is 36.0. The number of carbonyl (C=O) groups is 3. The predicted octanol–water partition coefficient (Wildman–Crippen LogP) is 0.697. The maximum Gasteiger partial charge on any atom is 0.251 e. The number of benzene rings is 2. The molecule has 0 saturated carbocycles. The first kappa shape index (κ1) is 26.2. The quantitative estimate of drug-likeness (QED) is 0.342. The van der Waals surface area contributed by atoms with Crippen molar-refractivity contribution in [3.05, 3.63) is 65.2 Å². The van der Waals surface area contributed by atoms with Gasteiger partial charge in [-0.15, -0.1) is 0 Å². The molecule has 2 rings (SSSR count). The van der Waals surface area contributed by atoms with Gasteiger partial charge in [0.15, 0.2) is 5.78 Å². The van der Waals surface area contributed by atoms with Crippen LogP contribution in [0.5, 0.6) is 0 Å². The average Bonchev–Trinajstić information content (AvgIpc) is 2.84. The van der Waals surface area contributed by atoms with Crippen LogP contribution in [0.15, 0.2) is 48.5 Å². The Labute approximate surface area is 197 Å². The third kappa shape index (κ3) is 7.84. The third-order valence-electron chi connectivity index (χ3n) is 4.83. The second-order valence-corrected chi connectivity index (χ2v) is 7.51. The van der Waals surface area contributed by atoms with Gasteiger partial charge in [-0.05, 0) is 61.9 Å². The molecule has 0 spiro atoms. The van der Waals surface area contributed by atoms with Crippen LogP contribution in [0.2, 0.25) is 0 Å². The number of nitrogens with zero attached hydrogens (tertiary/aromatic N) is 1. The fraction of sp³-hybridized carbons (Fsp3) is 0.280. The van der Waals surface area contributed by atoms with E-state index in [0.29, 0.717) is 16.8 Å². The van der Waals surface area contributed by atoms with Crippen LogP contribution < -0.4 is 16.4 Å². The number of amides is 2. The minimum absolute atomic E-state index is 0.209. The SMILES string of the molecule is C[C@@H](O)[C@H](NC(=O)c1ccc(C#Cc2ccc(NC(=O)[C@@H](N)CCC#N)cc2)cc1)C(=O)CO. The number of nitriles is 1. The number of Topliss-reactive ketones (excluding diaryl/α,β-unsaturated/α-hetero) is 1. The maximum atomic E-state index is 12.3. The molecular weight excluding hydrogens is 436 g/mol. The van der Waals surface area contributed by atoms with Crippen molar-refractivity contribution in [1.29, 1.82) is 5.26 Å². The molecular formula is C25H26N4O5. The molecule has 0 saturated heterocycles. The molecule has 0 fully saturated rings. The van der Waals surface area contributed by atoms with E-state index >= 15 is 0 Å². The second kappa shape index (κ2) is 12.9. The molecule has 9 nitrogen and oxygen atoms in total. The van der Waals surface area contributed by atoms with Crippen LogP contribution in [-0.2, 0) is 9.59 Å². The van der Waals surface area contributed by atoms with Gasteiger partial charge in [-0.3, -0.25) is 14.4 Å². The first-order valence-corrected chi connectivity index (χ1v) is 10.5. The minimum Gasteiger partial charge on any atom is -0.391 e. The minimum atomic E-state index is -1.20. The van der Waals surface area contributed by atoms with Crippen molar-refractivity contribution in [2.75, 3.05) is 11.9 Å². The number of aliphatic hydroxyl groups is 2. The van der Waals surface area contributed by atoms with E-state index in [4.69, 9.17) is 16.1 Å². The normalized spacial score (nSPS) is 12.8. The molecule has 0 radical (unpaired) electrons. The number of rotatable bonds is 9. The maximum absolute atomic E-state index is 12.3. The van der Waals surface area contributed by atoms with Gasteiger partial charge in [-0.1, -0.05) is 11.8 Å². The summed E-state index contributed by atoms with van der Waals surface area (Å²) in [5.74, 6) is 4.35. The topological polar surface area (TPSA) is 166 Å². The molecule has 0 aliphatic rings. The zero-order valence-electron chi connectivity index (χ0n) is 18.6. The lowest BCUT2D eigenvalue weighted by molar-refractivity contribution is -0.126. The second-order valence-electron chi connectivity index (χ2n) is 7.51. The number of anilines is 1. The van der Waals surface area contributed by atoms with E-state index in [0.717, 1.165) is 0 Å². The molecule has 3 atom stereocenters. The summed E-state index contributed by atoms with van der Waals surface area (Å²) in [7, 11) is 0.